The van der Waals surface area contributed by atoms with Gasteiger partial charge in [-0.05, 0) is 12.1 Å². The van der Waals surface area contributed by atoms with Crippen molar-refractivity contribution in [3.05, 3.63) is 54.6 Å². The van der Waals surface area contributed by atoms with Gasteiger partial charge < -0.3 is 0 Å². The van der Waals surface area contributed by atoms with Crippen molar-refractivity contribution >= 4 is 5.65 Å². The molecular formula is C15H14FN7. The fourth-order valence-electron chi connectivity index (χ4n) is 2.63. The summed E-state index contributed by atoms with van der Waals surface area (Å²) in [7, 11) is 1.86. The molecule has 4 aromatic rings. The first-order valence-electron chi connectivity index (χ1n) is 7.15. The first kappa shape index (κ1) is 13.6. The number of halogens is 1. The molecule has 0 bridgehead atoms. The highest BCUT2D eigenvalue weighted by atomic mass is 19.2. The number of hydrogen-bond acceptors (Lipinski definition) is 4. The van der Waals surface area contributed by atoms with E-state index in [1.807, 2.05) is 32.3 Å². The van der Waals surface area contributed by atoms with Crippen LogP contribution in [0.15, 0.2) is 43.2 Å². The van der Waals surface area contributed by atoms with Crippen molar-refractivity contribution in [2.75, 3.05) is 0 Å². The Kier molecular flexibility index (Phi) is 2.97. The number of hydrogen-bond donors (Lipinski definition) is 0. The van der Waals surface area contributed by atoms with E-state index in [0.717, 1.165) is 23.3 Å². The molecule has 4 rings (SSSR count). The summed E-state index contributed by atoms with van der Waals surface area (Å²) >= 11 is 0. The molecule has 7 nitrogen and oxygen atoms in total. The van der Waals surface area contributed by atoms with E-state index >= 15 is 0 Å². The minimum absolute atomic E-state index is 0.228. The molecule has 0 aliphatic rings. The third-order valence-electron chi connectivity index (χ3n) is 3.90. The maximum atomic E-state index is 13.7. The highest BCUT2D eigenvalue weighted by Gasteiger charge is 2.19. The topological polar surface area (TPSA) is 65.8 Å². The van der Waals surface area contributed by atoms with Crippen molar-refractivity contribution in [1.29, 1.82) is 0 Å². The molecule has 0 aliphatic heterocycles. The smallest absolute Gasteiger partial charge is 0.153 e. The highest BCUT2D eigenvalue weighted by molar-refractivity contribution is 5.58. The van der Waals surface area contributed by atoms with E-state index in [4.69, 9.17) is 0 Å². The highest BCUT2D eigenvalue weighted by Crippen LogP contribution is 2.25. The van der Waals surface area contributed by atoms with Gasteiger partial charge in [-0.1, -0.05) is 11.4 Å². The van der Waals surface area contributed by atoms with Gasteiger partial charge >= 0.3 is 0 Å². The van der Waals surface area contributed by atoms with Crippen molar-refractivity contribution < 1.29 is 4.48 Å². The summed E-state index contributed by atoms with van der Waals surface area (Å²) in [4.78, 5) is 8.70. The molecule has 116 valence electrons. The lowest BCUT2D eigenvalue weighted by Gasteiger charge is -2.10. The van der Waals surface area contributed by atoms with Crippen molar-refractivity contribution in [3.8, 4) is 11.3 Å². The molecule has 0 unspecified atom stereocenters. The molecule has 0 radical (unpaired) electrons. The molecule has 0 fully saturated rings. The summed E-state index contributed by atoms with van der Waals surface area (Å²) < 4.78 is 17.2. The van der Waals surface area contributed by atoms with Crippen LogP contribution in [0.1, 0.15) is 24.2 Å². The zero-order chi connectivity index (χ0) is 16.0. The average Bonchev–Trinajstić information content (AvgIpc) is 3.25. The Morgan fingerprint density at radius 3 is 2.70 bits per heavy atom. The van der Waals surface area contributed by atoms with Crippen LogP contribution in [-0.2, 0) is 7.05 Å². The van der Waals surface area contributed by atoms with Gasteiger partial charge in [-0.15, -0.1) is 0 Å². The summed E-state index contributed by atoms with van der Waals surface area (Å²) in [6.45, 7) is 1.90. The first-order chi connectivity index (χ1) is 11.1. The molecular weight excluding hydrogens is 297 g/mol. The summed E-state index contributed by atoms with van der Waals surface area (Å²) in [5.74, 6) is -0.228. The quantitative estimate of drug-likeness (QED) is 0.582. The number of fused-ring (bicyclic) bond motifs is 1. The van der Waals surface area contributed by atoms with Gasteiger partial charge in [0.25, 0.3) is 0 Å². The molecule has 23 heavy (non-hydrogen) atoms. The SMILES string of the molecule is C[C@@H](c1cncn1F)c1cnc2ccc(-c3cnn(C)c3)nn12. The lowest BCUT2D eigenvalue weighted by atomic mass is 10.1. The van der Waals surface area contributed by atoms with Crippen molar-refractivity contribution in [1.82, 2.24) is 34.2 Å². The Hall–Kier alpha value is -3.03. The van der Waals surface area contributed by atoms with Crippen molar-refractivity contribution in [2.24, 2.45) is 7.05 Å². The van der Waals surface area contributed by atoms with Gasteiger partial charge in [-0.3, -0.25) is 4.68 Å². The minimum atomic E-state index is -0.228. The van der Waals surface area contributed by atoms with Crippen LogP contribution in [0.25, 0.3) is 16.9 Å². The van der Waals surface area contributed by atoms with Crippen LogP contribution in [0, 0.1) is 0 Å². The van der Waals surface area contributed by atoms with Crippen LogP contribution in [0.3, 0.4) is 0 Å². The predicted octanol–water partition coefficient (Wildman–Crippen LogP) is 2.21. The normalized spacial score (nSPS) is 12.8. The lowest BCUT2D eigenvalue weighted by Crippen LogP contribution is -2.06. The standard InChI is InChI=1S/C15H14FN7/c1-10(13-6-17-9-22(13)16)14-7-18-15-4-3-12(20-23(14)15)11-5-19-21(2)8-11/h3-10H,1-2H3/t10-/m0/s1. The second kappa shape index (κ2) is 5.01. The first-order valence-corrected chi connectivity index (χ1v) is 7.15. The summed E-state index contributed by atoms with van der Waals surface area (Å²) in [5, 5.41) is 8.79. The Morgan fingerprint density at radius 2 is 2.00 bits per heavy atom. The number of aromatic nitrogens is 7. The zero-order valence-corrected chi connectivity index (χ0v) is 12.6. The molecule has 0 N–H and O–H groups in total. The van der Waals surface area contributed by atoms with E-state index in [9.17, 15) is 4.48 Å². The van der Waals surface area contributed by atoms with E-state index in [0.29, 0.717) is 16.1 Å². The minimum Gasteiger partial charge on any atom is -0.275 e. The molecule has 0 spiro atoms. The zero-order valence-electron chi connectivity index (χ0n) is 12.6. The van der Waals surface area contributed by atoms with Crippen LogP contribution in [0.4, 0.5) is 4.48 Å². The van der Waals surface area contributed by atoms with Gasteiger partial charge in [0.1, 0.15) is 6.33 Å². The van der Waals surface area contributed by atoms with Crippen molar-refractivity contribution in [2.45, 2.75) is 12.8 Å². The third kappa shape index (κ3) is 2.19. The van der Waals surface area contributed by atoms with Gasteiger partial charge in [0.2, 0.25) is 0 Å². The summed E-state index contributed by atoms with van der Waals surface area (Å²) in [6.07, 6.45) is 8.02. The van der Waals surface area contributed by atoms with Crippen LogP contribution in [0.5, 0.6) is 0 Å². The van der Waals surface area contributed by atoms with E-state index in [2.05, 4.69) is 20.2 Å². The van der Waals surface area contributed by atoms with Crippen LogP contribution < -0.4 is 0 Å². The van der Waals surface area contributed by atoms with Gasteiger partial charge in [0.05, 0.1) is 35.7 Å². The van der Waals surface area contributed by atoms with Gasteiger partial charge in [0.15, 0.2) is 5.65 Å². The average molecular weight is 311 g/mol. The predicted molar refractivity (Wildman–Crippen MR) is 81.4 cm³/mol. The fraction of sp³-hybridized carbons (Fsp3) is 0.200. The Balaban J connectivity index is 1.83. The number of nitrogens with zero attached hydrogens (tertiary/aromatic N) is 7. The fourth-order valence-corrected chi connectivity index (χ4v) is 2.63. The second-order valence-electron chi connectivity index (χ2n) is 5.43. The van der Waals surface area contributed by atoms with E-state index in [-0.39, 0.29) is 5.92 Å². The number of rotatable bonds is 3. The molecule has 0 amide bonds. The Labute approximate surface area is 131 Å². The maximum Gasteiger partial charge on any atom is 0.153 e. The molecule has 1 atom stereocenters. The van der Waals surface area contributed by atoms with Gasteiger partial charge in [-0.25, -0.2) is 14.5 Å². The molecule has 0 aromatic carbocycles. The Bertz CT molecular complexity index is 981. The molecule has 0 aliphatic carbocycles. The largest absolute Gasteiger partial charge is 0.275 e. The van der Waals surface area contributed by atoms with Crippen LogP contribution >= 0.6 is 0 Å². The third-order valence-corrected chi connectivity index (χ3v) is 3.90. The van der Waals surface area contributed by atoms with E-state index in [1.54, 1.807) is 21.6 Å². The Morgan fingerprint density at radius 1 is 1.13 bits per heavy atom. The van der Waals surface area contributed by atoms with Gasteiger partial charge in [0, 0.05) is 24.7 Å². The summed E-state index contributed by atoms with van der Waals surface area (Å²) in [6, 6.07) is 3.78. The second-order valence-corrected chi connectivity index (χ2v) is 5.43. The number of aryl methyl sites for hydroxylation is 1. The monoisotopic (exact) mass is 311 g/mol. The van der Waals surface area contributed by atoms with Gasteiger partial charge in [-0.2, -0.15) is 15.0 Å². The maximum absolute atomic E-state index is 13.7. The molecule has 4 heterocycles. The molecule has 0 saturated carbocycles. The number of imidazole rings is 2. The summed E-state index contributed by atoms with van der Waals surface area (Å²) in [5.41, 5.74) is 3.66. The van der Waals surface area contributed by atoms with Crippen LogP contribution in [0.2, 0.25) is 0 Å². The van der Waals surface area contributed by atoms with Crippen LogP contribution in [-0.4, -0.2) is 34.2 Å². The van der Waals surface area contributed by atoms with E-state index in [1.165, 1.54) is 6.20 Å². The molecule has 0 saturated heterocycles. The van der Waals surface area contributed by atoms with E-state index < -0.39 is 0 Å². The molecule has 4 aromatic heterocycles. The lowest BCUT2D eigenvalue weighted by molar-refractivity contribution is 0.348. The molecule has 8 heteroatoms. The van der Waals surface area contributed by atoms with Crippen molar-refractivity contribution in [3.63, 3.8) is 0 Å².